The number of allylic oxidation sites excluding steroid dienone is 1. The molecule has 0 aliphatic rings. The van der Waals surface area contributed by atoms with E-state index < -0.39 is 5.97 Å². The van der Waals surface area contributed by atoms with Gasteiger partial charge in [0.1, 0.15) is 5.75 Å². The molecular weight excluding hydrogens is 437 g/mol. The van der Waals surface area contributed by atoms with E-state index in [4.69, 9.17) is 37.4 Å². The molecule has 0 amide bonds. The van der Waals surface area contributed by atoms with Gasteiger partial charge in [0.2, 0.25) is 0 Å². The largest absolute Gasteiger partial charge is 0.493 e. The van der Waals surface area contributed by atoms with Crippen LogP contribution >= 0.6 is 23.2 Å². The van der Waals surface area contributed by atoms with E-state index in [9.17, 15) is 10.1 Å². The van der Waals surface area contributed by atoms with Gasteiger partial charge in [-0.15, -0.1) is 0 Å². The average molecular weight is 454 g/mol. The van der Waals surface area contributed by atoms with E-state index in [1.54, 1.807) is 72.8 Å². The Morgan fingerprint density at radius 3 is 2.45 bits per heavy atom. The van der Waals surface area contributed by atoms with Crippen molar-refractivity contribution in [3.63, 3.8) is 0 Å². The van der Waals surface area contributed by atoms with Crippen molar-refractivity contribution < 1.29 is 19.0 Å². The fourth-order valence-corrected chi connectivity index (χ4v) is 3.00. The summed E-state index contributed by atoms with van der Waals surface area (Å²) in [5, 5.41) is 10.6. The van der Waals surface area contributed by atoms with Gasteiger partial charge in [-0.3, -0.25) is 0 Å². The zero-order valence-corrected chi connectivity index (χ0v) is 18.0. The normalized spacial score (nSPS) is 10.8. The molecule has 0 bridgehead atoms. The van der Waals surface area contributed by atoms with Crippen LogP contribution in [0.25, 0.3) is 11.6 Å². The molecule has 0 radical (unpaired) electrons. The fourth-order valence-electron chi connectivity index (χ4n) is 2.69. The Morgan fingerprint density at radius 1 is 1.00 bits per heavy atom. The molecule has 0 atom stereocenters. The Bertz CT molecular complexity index is 1150. The Kier molecular flexibility index (Phi) is 7.55. The lowest BCUT2D eigenvalue weighted by molar-refractivity contribution is -0.136. The van der Waals surface area contributed by atoms with Gasteiger partial charge in [0.05, 0.1) is 18.8 Å². The van der Waals surface area contributed by atoms with Crippen LogP contribution in [0.5, 0.6) is 17.2 Å². The predicted molar refractivity (Wildman–Crippen MR) is 121 cm³/mol. The fraction of sp³-hybridized carbons (Fsp3) is 0.0833. The van der Waals surface area contributed by atoms with Crippen LogP contribution in [0, 0.1) is 11.3 Å². The van der Waals surface area contributed by atoms with Crippen molar-refractivity contribution in [1.29, 1.82) is 5.26 Å². The van der Waals surface area contributed by atoms with Gasteiger partial charge in [-0.1, -0.05) is 41.4 Å². The molecule has 0 fully saturated rings. The minimum atomic E-state index is -0.590. The molecule has 0 saturated heterocycles. The predicted octanol–water partition coefficient (Wildman–Crippen LogP) is 6.05. The van der Waals surface area contributed by atoms with E-state index in [1.807, 2.05) is 0 Å². The lowest BCUT2D eigenvalue weighted by Gasteiger charge is -2.11. The highest BCUT2D eigenvalue weighted by Gasteiger charge is 2.12. The highest BCUT2D eigenvalue weighted by atomic mass is 35.5. The maximum Gasteiger partial charge on any atom is 0.349 e. The number of halogens is 2. The molecule has 0 unspecified atom stereocenters. The summed E-state index contributed by atoms with van der Waals surface area (Å²) in [6.45, 7) is -0.278. The number of ether oxygens (including phenoxy) is 3. The van der Waals surface area contributed by atoms with Gasteiger partial charge in [0.25, 0.3) is 0 Å². The van der Waals surface area contributed by atoms with Gasteiger partial charge in [-0.2, -0.15) is 5.26 Å². The number of nitrogens with zero attached hydrogens (tertiary/aromatic N) is 1. The molecule has 0 spiro atoms. The van der Waals surface area contributed by atoms with Gasteiger partial charge in [-0.05, 0) is 65.7 Å². The van der Waals surface area contributed by atoms with E-state index in [1.165, 1.54) is 7.11 Å². The highest BCUT2D eigenvalue weighted by Crippen LogP contribution is 2.30. The molecule has 5 nitrogen and oxygen atoms in total. The third kappa shape index (κ3) is 6.26. The minimum Gasteiger partial charge on any atom is -0.493 e. The minimum absolute atomic E-state index is 0.241. The molecule has 3 aromatic carbocycles. The number of rotatable bonds is 7. The summed E-state index contributed by atoms with van der Waals surface area (Å²) in [4.78, 5) is 12.2. The second-order valence-electron chi connectivity index (χ2n) is 6.31. The van der Waals surface area contributed by atoms with Crippen molar-refractivity contribution in [3.8, 4) is 23.3 Å². The maximum atomic E-state index is 12.2. The Hall–Kier alpha value is -3.46. The second-order valence-corrected chi connectivity index (χ2v) is 7.18. The zero-order chi connectivity index (χ0) is 22.2. The quantitative estimate of drug-likeness (QED) is 0.188. The van der Waals surface area contributed by atoms with Crippen molar-refractivity contribution in [2.45, 2.75) is 0 Å². The molecule has 0 aromatic heterocycles. The molecule has 31 heavy (non-hydrogen) atoms. The standard InChI is InChI=1S/C24H17Cl2NO4/c1-29-23-12-16(11-18(14-27)17-3-2-4-20(26)13-17)5-10-22(23)31-24(28)15-30-21-8-6-19(25)7-9-21/h2-13H,15H2,1H3/b18-11-. The first kappa shape index (κ1) is 22.2. The summed E-state index contributed by atoms with van der Waals surface area (Å²) in [5.41, 5.74) is 1.83. The molecule has 7 heteroatoms. The Balaban J connectivity index is 1.72. The van der Waals surface area contributed by atoms with Crippen molar-refractivity contribution in [1.82, 2.24) is 0 Å². The van der Waals surface area contributed by atoms with Gasteiger partial charge >= 0.3 is 5.97 Å². The van der Waals surface area contributed by atoms with Gasteiger partial charge < -0.3 is 14.2 Å². The lowest BCUT2D eigenvalue weighted by atomic mass is 10.0. The smallest absolute Gasteiger partial charge is 0.349 e. The average Bonchev–Trinajstić information content (AvgIpc) is 2.78. The number of benzene rings is 3. The molecule has 0 aliphatic carbocycles. The summed E-state index contributed by atoms with van der Waals surface area (Å²) in [7, 11) is 1.46. The van der Waals surface area contributed by atoms with Crippen LogP contribution < -0.4 is 14.2 Å². The van der Waals surface area contributed by atoms with Crippen LogP contribution in [0.3, 0.4) is 0 Å². The number of methoxy groups -OCH3 is 1. The summed E-state index contributed by atoms with van der Waals surface area (Å²) in [6.07, 6.45) is 1.70. The van der Waals surface area contributed by atoms with Gasteiger partial charge in [-0.25, -0.2) is 4.79 Å². The number of nitriles is 1. The van der Waals surface area contributed by atoms with Crippen molar-refractivity contribution in [2.24, 2.45) is 0 Å². The number of hydrogen-bond donors (Lipinski definition) is 0. The molecule has 0 heterocycles. The van der Waals surface area contributed by atoms with Crippen LogP contribution in [-0.2, 0) is 4.79 Å². The van der Waals surface area contributed by atoms with E-state index in [0.29, 0.717) is 38.2 Å². The molecule has 3 rings (SSSR count). The number of carbonyl (C=O) groups is 1. The molecule has 0 N–H and O–H groups in total. The summed E-state index contributed by atoms with van der Waals surface area (Å²) >= 11 is 11.8. The van der Waals surface area contributed by atoms with E-state index in [2.05, 4.69) is 6.07 Å². The van der Waals surface area contributed by atoms with Gasteiger partial charge in [0.15, 0.2) is 18.1 Å². The number of carbonyl (C=O) groups excluding carboxylic acids is 1. The third-order valence-corrected chi connectivity index (χ3v) is 4.64. The van der Waals surface area contributed by atoms with Crippen LogP contribution in [0.1, 0.15) is 11.1 Å². The number of esters is 1. The zero-order valence-electron chi connectivity index (χ0n) is 16.5. The lowest BCUT2D eigenvalue weighted by Crippen LogP contribution is -2.18. The first-order chi connectivity index (χ1) is 15.0. The molecule has 0 aliphatic heterocycles. The SMILES string of the molecule is COc1cc(/C=C(/C#N)c2cccc(Cl)c2)ccc1OC(=O)COc1ccc(Cl)cc1. The van der Waals surface area contributed by atoms with Crippen LogP contribution in [0.4, 0.5) is 0 Å². The van der Waals surface area contributed by atoms with Crippen LogP contribution in [-0.4, -0.2) is 19.7 Å². The Morgan fingerprint density at radius 2 is 1.77 bits per heavy atom. The first-order valence-electron chi connectivity index (χ1n) is 9.13. The van der Waals surface area contributed by atoms with Crippen molar-refractivity contribution in [3.05, 3.63) is 87.9 Å². The summed E-state index contributed by atoms with van der Waals surface area (Å²) in [6, 6.07) is 20.8. The van der Waals surface area contributed by atoms with E-state index in [0.717, 1.165) is 0 Å². The third-order valence-electron chi connectivity index (χ3n) is 4.15. The Labute approximate surface area is 190 Å². The van der Waals surface area contributed by atoms with Crippen molar-refractivity contribution >= 4 is 40.8 Å². The summed E-state index contributed by atoms with van der Waals surface area (Å²) in [5.74, 6) is 0.495. The van der Waals surface area contributed by atoms with E-state index >= 15 is 0 Å². The summed E-state index contributed by atoms with van der Waals surface area (Å²) < 4.78 is 16.1. The molecule has 3 aromatic rings. The monoisotopic (exact) mass is 453 g/mol. The highest BCUT2D eigenvalue weighted by molar-refractivity contribution is 6.31. The molecule has 0 saturated carbocycles. The van der Waals surface area contributed by atoms with Crippen LogP contribution in [0.2, 0.25) is 10.0 Å². The first-order valence-corrected chi connectivity index (χ1v) is 9.89. The van der Waals surface area contributed by atoms with Crippen molar-refractivity contribution in [2.75, 3.05) is 13.7 Å². The number of hydrogen-bond acceptors (Lipinski definition) is 5. The maximum absolute atomic E-state index is 12.2. The second kappa shape index (κ2) is 10.5. The topological polar surface area (TPSA) is 68.5 Å². The van der Waals surface area contributed by atoms with E-state index in [-0.39, 0.29) is 12.4 Å². The van der Waals surface area contributed by atoms with Crippen LogP contribution in [0.15, 0.2) is 66.7 Å². The molecule has 156 valence electrons. The van der Waals surface area contributed by atoms with Gasteiger partial charge in [0, 0.05) is 10.0 Å². The molecular formula is C24H17Cl2NO4.